The number of alkyl halides is 1. The molecule has 0 radical (unpaired) electrons. The summed E-state index contributed by atoms with van der Waals surface area (Å²) >= 11 is 22.4. The van der Waals surface area contributed by atoms with E-state index in [-0.39, 0.29) is 29.5 Å². The van der Waals surface area contributed by atoms with Crippen molar-refractivity contribution in [1.82, 2.24) is 4.98 Å². The molecule has 4 rings (SSSR count). The molecule has 0 saturated heterocycles. The van der Waals surface area contributed by atoms with Gasteiger partial charge in [-0.1, -0.05) is 23.2 Å². The number of halogens is 4. The van der Waals surface area contributed by atoms with Gasteiger partial charge in [-0.3, -0.25) is 19.4 Å². The van der Waals surface area contributed by atoms with Gasteiger partial charge >= 0.3 is 0 Å². The highest BCUT2D eigenvalue weighted by molar-refractivity contribution is 9.10. The first-order valence-corrected chi connectivity index (χ1v) is 12.8. The first-order chi connectivity index (χ1) is 17.0. The van der Waals surface area contributed by atoms with Gasteiger partial charge in [0.25, 0.3) is 5.91 Å². The standard InChI is InChI=1S/C25H20BrCl3N4O3/c1-33-21-9-18(27)15(6-12(21)2-5-23(33)35)13-7-16(25(30)36)24(31-11-13)20(29)10-22(34)32-14-3-4-17(26)19(28)8-14/h3-4,6-9,11,20H,2,5,10H2,1H3,(H2,30,36)(H,32,34). The average molecular weight is 611 g/mol. The quantitative estimate of drug-likeness (QED) is 0.328. The summed E-state index contributed by atoms with van der Waals surface area (Å²) in [5.41, 5.74) is 9.34. The van der Waals surface area contributed by atoms with Crippen LogP contribution >= 0.6 is 50.7 Å². The minimum absolute atomic E-state index is 0.0220. The fourth-order valence-electron chi connectivity index (χ4n) is 4.00. The Morgan fingerprint density at radius 2 is 1.92 bits per heavy atom. The van der Waals surface area contributed by atoms with Crippen molar-refractivity contribution in [3.05, 3.63) is 73.9 Å². The second-order valence-corrected chi connectivity index (χ2v) is 10.5. The van der Waals surface area contributed by atoms with Gasteiger partial charge in [0, 0.05) is 53.1 Å². The van der Waals surface area contributed by atoms with Crippen LogP contribution in [0.15, 0.2) is 47.1 Å². The van der Waals surface area contributed by atoms with Gasteiger partial charge in [0.2, 0.25) is 11.8 Å². The number of hydrogen-bond donors (Lipinski definition) is 2. The van der Waals surface area contributed by atoms with Crippen LogP contribution in [0.1, 0.15) is 39.8 Å². The molecule has 11 heteroatoms. The third-order valence-electron chi connectivity index (χ3n) is 5.87. The molecule has 1 aliphatic heterocycles. The van der Waals surface area contributed by atoms with Gasteiger partial charge in [-0.05, 0) is 64.3 Å². The number of benzene rings is 2. The number of amides is 3. The van der Waals surface area contributed by atoms with Gasteiger partial charge in [-0.25, -0.2) is 0 Å². The number of carbonyl (C=O) groups excluding carboxylic acids is 3. The predicted octanol–water partition coefficient (Wildman–Crippen LogP) is 6.13. The third kappa shape index (κ3) is 5.52. The maximum absolute atomic E-state index is 12.6. The summed E-state index contributed by atoms with van der Waals surface area (Å²) in [5.74, 6) is -1.09. The molecule has 0 fully saturated rings. The van der Waals surface area contributed by atoms with Gasteiger partial charge in [0.15, 0.2) is 0 Å². The van der Waals surface area contributed by atoms with Crippen LogP contribution in [0.2, 0.25) is 10.0 Å². The van der Waals surface area contributed by atoms with Gasteiger partial charge in [0.1, 0.15) is 0 Å². The van der Waals surface area contributed by atoms with Crippen LogP contribution in [-0.4, -0.2) is 29.8 Å². The fraction of sp³-hybridized carbons (Fsp3) is 0.200. The molecular formula is C25H20BrCl3N4O3. The van der Waals surface area contributed by atoms with E-state index in [1.54, 1.807) is 42.3 Å². The maximum Gasteiger partial charge on any atom is 0.250 e. The molecular weight excluding hydrogens is 591 g/mol. The van der Waals surface area contributed by atoms with Crippen molar-refractivity contribution in [2.75, 3.05) is 17.3 Å². The van der Waals surface area contributed by atoms with Crippen molar-refractivity contribution >= 4 is 79.8 Å². The van der Waals surface area contributed by atoms with E-state index in [1.165, 1.54) is 6.20 Å². The number of nitrogens with two attached hydrogens (primary N) is 1. The molecule has 3 aromatic rings. The predicted molar refractivity (Wildman–Crippen MR) is 146 cm³/mol. The third-order valence-corrected chi connectivity index (χ3v) is 7.78. The van der Waals surface area contributed by atoms with Crippen molar-refractivity contribution < 1.29 is 14.4 Å². The van der Waals surface area contributed by atoms with Crippen LogP contribution in [0.5, 0.6) is 0 Å². The van der Waals surface area contributed by atoms with Crippen molar-refractivity contribution in [2.45, 2.75) is 24.6 Å². The number of aryl methyl sites for hydroxylation is 1. The Morgan fingerprint density at radius 1 is 1.17 bits per heavy atom. The minimum Gasteiger partial charge on any atom is -0.366 e. The van der Waals surface area contributed by atoms with Crippen LogP contribution in [-0.2, 0) is 16.0 Å². The lowest BCUT2D eigenvalue weighted by atomic mass is 9.95. The van der Waals surface area contributed by atoms with Gasteiger partial charge in [0.05, 0.1) is 26.7 Å². The molecule has 3 amide bonds. The SMILES string of the molecule is CN1C(=O)CCc2cc(-c3cnc(C(Cl)CC(=O)Nc4ccc(Br)c(Cl)c4)c(C(N)=O)c3)c(Cl)cc21. The van der Waals surface area contributed by atoms with Gasteiger partial charge in [-0.2, -0.15) is 0 Å². The van der Waals surface area contributed by atoms with E-state index in [1.807, 2.05) is 6.07 Å². The van der Waals surface area contributed by atoms with Crippen molar-refractivity contribution in [3.8, 4) is 11.1 Å². The number of nitrogens with one attached hydrogen (secondary N) is 1. The second kappa shape index (κ2) is 10.8. The molecule has 186 valence electrons. The molecule has 1 aliphatic rings. The van der Waals surface area contributed by atoms with E-state index in [4.69, 9.17) is 40.5 Å². The Balaban J connectivity index is 1.59. The summed E-state index contributed by atoms with van der Waals surface area (Å²) in [7, 11) is 1.71. The summed E-state index contributed by atoms with van der Waals surface area (Å²) < 4.78 is 0.701. The molecule has 1 unspecified atom stereocenters. The number of hydrogen-bond acceptors (Lipinski definition) is 4. The number of fused-ring (bicyclic) bond motifs is 1. The molecule has 0 spiro atoms. The number of carbonyl (C=O) groups is 3. The van der Waals surface area contributed by atoms with Gasteiger partial charge < -0.3 is 16.0 Å². The van der Waals surface area contributed by atoms with E-state index in [9.17, 15) is 14.4 Å². The second-order valence-electron chi connectivity index (χ2n) is 8.28. The number of rotatable bonds is 6. The number of nitrogens with zero attached hydrogens (tertiary/aromatic N) is 2. The first kappa shape index (κ1) is 26.4. The molecule has 3 N–H and O–H groups in total. The molecule has 0 saturated carbocycles. The zero-order chi connectivity index (χ0) is 26.1. The number of aromatic nitrogens is 1. The zero-order valence-corrected chi connectivity index (χ0v) is 22.8. The topological polar surface area (TPSA) is 105 Å². The molecule has 2 aromatic carbocycles. The van der Waals surface area contributed by atoms with Crippen LogP contribution in [0.25, 0.3) is 11.1 Å². The molecule has 7 nitrogen and oxygen atoms in total. The number of anilines is 2. The van der Waals surface area contributed by atoms with E-state index in [0.29, 0.717) is 44.2 Å². The fourth-order valence-corrected chi connectivity index (χ4v) is 5.01. The molecule has 36 heavy (non-hydrogen) atoms. The number of pyridine rings is 1. The highest BCUT2D eigenvalue weighted by Crippen LogP contribution is 2.38. The van der Waals surface area contributed by atoms with E-state index >= 15 is 0 Å². The molecule has 0 bridgehead atoms. The van der Waals surface area contributed by atoms with E-state index < -0.39 is 11.3 Å². The molecule has 1 atom stereocenters. The summed E-state index contributed by atoms with van der Waals surface area (Å²) in [6, 6.07) is 10.2. The van der Waals surface area contributed by atoms with Crippen molar-refractivity contribution in [3.63, 3.8) is 0 Å². The summed E-state index contributed by atoms with van der Waals surface area (Å²) in [6.45, 7) is 0. The Labute approximate surface area is 231 Å². The highest BCUT2D eigenvalue weighted by atomic mass is 79.9. The Bertz CT molecular complexity index is 1400. The smallest absolute Gasteiger partial charge is 0.250 e. The molecule has 2 heterocycles. The lowest BCUT2D eigenvalue weighted by Crippen LogP contribution is -2.31. The van der Waals surface area contributed by atoms with Crippen LogP contribution in [0.4, 0.5) is 11.4 Å². The van der Waals surface area contributed by atoms with E-state index in [0.717, 1.165) is 11.3 Å². The largest absolute Gasteiger partial charge is 0.366 e. The summed E-state index contributed by atoms with van der Waals surface area (Å²) in [5, 5.41) is 2.66. The number of primary amides is 1. The lowest BCUT2D eigenvalue weighted by molar-refractivity contribution is -0.118. The lowest BCUT2D eigenvalue weighted by Gasteiger charge is -2.26. The maximum atomic E-state index is 12.6. The highest BCUT2D eigenvalue weighted by Gasteiger charge is 2.25. The summed E-state index contributed by atoms with van der Waals surface area (Å²) in [6.07, 6.45) is 2.37. The monoisotopic (exact) mass is 608 g/mol. The molecule has 0 aliphatic carbocycles. The Kier molecular flexibility index (Phi) is 7.90. The molecule has 1 aromatic heterocycles. The normalized spacial score (nSPS) is 13.8. The van der Waals surface area contributed by atoms with Crippen LogP contribution in [0, 0.1) is 0 Å². The Hall–Kier alpha value is -2.65. The van der Waals surface area contributed by atoms with Crippen LogP contribution < -0.4 is 16.0 Å². The van der Waals surface area contributed by atoms with Gasteiger partial charge in [-0.15, -0.1) is 11.6 Å². The van der Waals surface area contributed by atoms with Crippen molar-refractivity contribution in [2.24, 2.45) is 5.73 Å². The zero-order valence-electron chi connectivity index (χ0n) is 18.9. The minimum atomic E-state index is -0.911. The van der Waals surface area contributed by atoms with Crippen LogP contribution in [0.3, 0.4) is 0 Å². The first-order valence-electron chi connectivity index (χ1n) is 10.8. The Morgan fingerprint density at radius 3 is 2.61 bits per heavy atom. The van der Waals surface area contributed by atoms with E-state index in [2.05, 4.69) is 26.2 Å². The summed E-state index contributed by atoms with van der Waals surface area (Å²) in [4.78, 5) is 42.8. The van der Waals surface area contributed by atoms with Crippen molar-refractivity contribution in [1.29, 1.82) is 0 Å². The average Bonchev–Trinajstić information content (AvgIpc) is 2.83.